The van der Waals surface area contributed by atoms with Crippen LogP contribution in [0.5, 0.6) is 0 Å². The molecule has 0 saturated carbocycles. The van der Waals surface area contributed by atoms with Gasteiger partial charge in [-0.25, -0.2) is 8.42 Å². The van der Waals surface area contributed by atoms with E-state index in [9.17, 15) is 8.42 Å². The van der Waals surface area contributed by atoms with E-state index >= 15 is 0 Å². The molecule has 1 unspecified atom stereocenters. The second-order valence-electron chi connectivity index (χ2n) is 5.81. The molecule has 0 aliphatic carbocycles. The van der Waals surface area contributed by atoms with E-state index in [0.29, 0.717) is 12.8 Å². The number of benzene rings is 1. The summed E-state index contributed by atoms with van der Waals surface area (Å²) in [5.74, 6) is 0.147. The van der Waals surface area contributed by atoms with E-state index in [-0.39, 0.29) is 11.8 Å². The zero-order valence-electron chi connectivity index (χ0n) is 11.7. The highest BCUT2D eigenvalue weighted by atomic mass is 79.9. The molecule has 2 N–H and O–H groups in total. The lowest BCUT2D eigenvalue weighted by atomic mass is 10.1. The molecular weight excluding hydrogens is 326 g/mol. The molecule has 0 aromatic heterocycles. The topological polar surface area (TPSA) is 60.2 Å². The Balaban J connectivity index is 2.53. The Kier molecular flexibility index (Phi) is 5.59. The maximum atomic E-state index is 12.0. The first kappa shape index (κ1) is 16.7. The quantitative estimate of drug-likeness (QED) is 0.890. The number of halogens is 1. The molecular formula is C14H22BrNO2S. The van der Waals surface area contributed by atoms with Crippen LogP contribution in [0.2, 0.25) is 0 Å². The van der Waals surface area contributed by atoms with Crippen LogP contribution in [0.25, 0.3) is 0 Å². The molecule has 0 aliphatic heterocycles. The Morgan fingerprint density at radius 1 is 1.21 bits per heavy atom. The van der Waals surface area contributed by atoms with Crippen LogP contribution < -0.4 is 5.73 Å². The predicted octanol–water partition coefficient (Wildman–Crippen LogP) is 2.92. The molecule has 0 radical (unpaired) electrons. The Bertz CT molecular complexity index is 503. The van der Waals surface area contributed by atoms with Gasteiger partial charge < -0.3 is 5.73 Å². The molecule has 5 heteroatoms. The number of sulfone groups is 1. The van der Waals surface area contributed by atoms with Crippen molar-refractivity contribution in [2.75, 3.05) is 5.75 Å². The van der Waals surface area contributed by atoms with E-state index in [1.807, 2.05) is 24.3 Å². The SMILES string of the molecule is CC(C)(C)S(=O)(=O)CCC(N)Cc1ccc(Br)cc1. The Hall–Kier alpha value is -0.390. The third-order valence-corrected chi connectivity index (χ3v) is 6.27. The van der Waals surface area contributed by atoms with Crippen LogP contribution in [0.3, 0.4) is 0 Å². The fourth-order valence-electron chi connectivity index (χ4n) is 1.64. The molecule has 0 aliphatic rings. The molecule has 1 aromatic rings. The van der Waals surface area contributed by atoms with Gasteiger partial charge in [0.2, 0.25) is 0 Å². The number of nitrogens with two attached hydrogens (primary N) is 1. The third kappa shape index (κ3) is 5.24. The summed E-state index contributed by atoms with van der Waals surface area (Å²) in [5, 5.41) is 0. The first-order valence-electron chi connectivity index (χ1n) is 6.34. The van der Waals surface area contributed by atoms with Crippen LogP contribution in [0.4, 0.5) is 0 Å². The van der Waals surface area contributed by atoms with Gasteiger partial charge in [0.15, 0.2) is 9.84 Å². The van der Waals surface area contributed by atoms with E-state index in [1.54, 1.807) is 20.8 Å². The average molecular weight is 348 g/mol. The van der Waals surface area contributed by atoms with Crippen LogP contribution in [0.15, 0.2) is 28.7 Å². The number of rotatable bonds is 5. The fourth-order valence-corrected chi connectivity index (χ4v) is 3.13. The van der Waals surface area contributed by atoms with Gasteiger partial charge in [-0.2, -0.15) is 0 Å². The second kappa shape index (κ2) is 6.37. The van der Waals surface area contributed by atoms with E-state index in [1.165, 1.54) is 0 Å². The summed E-state index contributed by atoms with van der Waals surface area (Å²) in [6.45, 7) is 5.17. The van der Waals surface area contributed by atoms with Crippen molar-refractivity contribution in [2.24, 2.45) is 5.73 Å². The fraction of sp³-hybridized carbons (Fsp3) is 0.571. The van der Waals surface area contributed by atoms with Crippen molar-refractivity contribution in [3.63, 3.8) is 0 Å². The molecule has 0 spiro atoms. The minimum Gasteiger partial charge on any atom is -0.327 e. The minimum absolute atomic E-state index is 0.127. The smallest absolute Gasteiger partial charge is 0.155 e. The molecule has 0 heterocycles. The van der Waals surface area contributed by atoms with Crippen LogP contribution in [-0.4, -0.2) is 25.0 Å². The van der Waals surface area contributed by atoms with Crippen LogP contribution in [0.1, 0.15) is 32.8 Å². The summed E-state index contributed by atoms with van der Waals surface area (Å²) >= 11 is 3.38. The molecule has 1 aromatic carbocycles. The van der Waals surface area contributed by atoms with Gasteiger partial charge in [0.05, 0.1) is 10.5 Å². The molecule has 0 saturated heterocycles. The van der Waals surface area contributed by atoms with Crippen molar-refractivity contribution in [3.05, 3.63) is 34.3 Å². The zero-order valence-corrected chi connectivity index (χ0v) is 14.1. The highest BCUT2D eigenvalue weighted by molar-refractivity contribution is 9.10. The van der Waals surface area contributed by atoms with Crippen LogP contribution in [-0.2, 0) is 16.3 Å². The Morgan fingerprint density at radius 3 is 2.21 bits per heavy atom. The third-order valence-electron chi connectivity index (χ3n) is 3.10. The monoisotopic (exact) mass is 347 g/mol. The van der Waals surface area contributed by atoms with E-state index < -0.39 is 14.6 Å². The molecule has 0 fully saturated rings. The first-order valence-corrected chi connectivity index (χ1v) is 8.79. The highest BCUT2D eigenvalue weighted by Gasteiger charge is 2.28. The van der Waals surface area contributed by atoms with Crippen molar-refractivity contribution in [2.45, 2.75) is 44.4 Å². The molecule has 0 bridgehead atoms. The van der Waals surface area contributed by atoms with Gasteiger partial charge in [-0.1, -0.05) is 28.1 Å². The second-order valence-corrected chi connectivity index (χ2v) is 9.59. The minimum atomic E-state index is -3.08. The summed E-state index contributed by atoms with van der Waals surface area (Å²) in [4.78, 5) is 0. The summed E-state index contributed by atoms with van der Waals surface area (Å²) in [7, 11) is -3.08. The van der Waals surface area contributed by atoms with Crippen molar-refractivity contribution in [1.82, 2.24) is 0 Å². The Labute approximate surface area is 124 Å². The maximum Gasteiger partial charge on any atom is 0.155 e. The van der Waals surface area contributed by atoms with Crippen LogP contribution >= 0.6 is 15.9 Å². The summed E-state index contributed by atoms with van der Waals surface area (Å²) < 4.78 is 24.3. The standard InChI is InChI=1S/C14H22BrNO2S/c1-14(2,3)19(17,18)9-8-13(16)10-11-4-6-12(15)7-5-11/h4-7,13H,8-10,16H2,1-3H3. The molecule has 19 heavy (non-hydrogen) atoms. The molecule has 108 valence electrons. The lowest BCUT2D eigenvalue weighted by Gasteiger charge is -2.20. The van der Waals surface area contributed by atoms with Gasteiger partial charge in [-0.15, -0.1) is 0 Å². The molecule has 0 amide bonds. The van der Waals surface area contributed by atoms with Gasteiger partial charge in [0.25, 0.3) is 0 Å². The lowest BCUT2D eigenvalue weighted by molar-refractivity contribution is 0.549. The van der Waals surface area contributed by atoms with Crippen molar-refractivity contribution in [3.8, 4) is 0 Å². The van der Waals surface area contributed by atoms with Gasteiger partial charge in [-0.3, -0.25) is 0 Å². The first-order chi connectivity index (χ1) is 8.62. The van der Waals surface area contributed by atoms with Gasteiger partial charge in [-0.05, 0) is 51.3 Å². The predicted molar refractivity (Wildman–Crippen MR) is 84.0 cm³/mol. The molecule has 1 atom stereocenters. The van der Waals surface area contributed by atoms with Gasteiger partial charge in [0, 0.05) is 10.5 Å². The number of hydrogen-bond donors (Lipinski definition) is 1. The van der Waals surface area contributed by atoms with E-state index in [4.69, 9.17) is 5.73 Å². The van der Waals surface area contributed by atoms with Crippen LogP contribution in [0, 0.1) is 0 Å². The van der Waals surface area contributed by atoms with Crippen molar-refractivity contribution < 1.29 is 8.42 Å². The maximum absolute atomic E-state index is 12.0. The van der Waals surface area contributed by atoms with Crippen molar-refractivity contribution >= 4 is 25.8 Å². The molecule has 3 nitrogen and oxygen atoms in total. The van der Waals surface area contributed by atoms with E-state index in [0.717, 1.165) is 10.0 Å². The summed E-state index contributed by atoms with van der Waals surface area (Å²) in [5.41, 5.74) is 7.15. The van der Waals surface area contributed by atoms with Gasteiger partial charge in [0.1, 0.15) is 0 Å². The number of hydrogen-bond acceptors (Lipinski definition) is 3. The Morgan fingerprint density at radius 2 is 1.74 bits per heavy atom. The summed E-state index contributed by atoms with van der Waals surface area (Å²) in [6, 6.07) is 7.81. The zero-order chi connectivity index (χ0) is 14.7. The lowest BCUT2D eigenvalue weighted by Crippen LogP contribution is -2.34. The van der Waals surface area contributed by atoms with Gasteiger partial charge >= 0.3 is 0 Å². The van der Waals surface area contributed by atoms with Crippen molar-refractivity contribution in [1.29, 1.82) is 0 Å². The average Bonchev–Trinajstić information content (AvgIpc) is 2.28. The summed E-state index contributed by atoms with van der Waals surface area (Å²) in [6.07, 6.45) is 1.20. The largest absolute Gasteiger partial charge is 0.327 e. The van der Waals surface area contributed by atoms with E-state index in [2.05, 4.69) is 15.9 Å². The molecule has 1 rings (SSSR count). The normalized spacial score (nSPS) is 14.4. The highest BCUT2D eigenvalue weighted by Crippen LogP contribution is 2.18.